The number of rotatable bonds is 5. The lowest BCUT2D eigenvalue weighted by Gasteiger charge is -2.23. The average molecular weight is 245 g/mol. The molecule has 1 aromatic carbocycles. The summed E-state index contributed by atoms with van der Waals surface area (Å²) in [6.45, 7) is 2.21. The molecule has 0 aromatic heterocycles. The van der Waals surface area contributed by atoms with Crippen molar-refractivity contribution in [3.8, 4) is 0 Å². The van der Waals surface area contributed by atoms with Gasteiger partial charge in [0.25, 0.3) is 0 Å². The standard InChI is InChI=1S/C17H27N/c1-2-15-10-6-7-11-16(15)17(18)13-12-14-8-4-3-5-9-14/h6-7,10-11,14,17H,2-5,8-9,12-13,18H2,1H3. The highest BCUT2D eigenvalue weighted by Crippen LogP contribution is 2.30. The molecule has 1 fully saturated rings. The highest BCUT2D eigenvalue weighted by molar-refractivity contribution is 5.29. The fourth-order valence-corrected chi connectivity index (χ4v) is 3.26. The van der Waals surface area contributed by atoms with Crippen molar-refractivity contribution >= 4 is 0 Å². The third-order valence-corrected chi connectivity index (χ3v) is 4.45. The van der Waals surface area contributed by atoms with E-state index in [0.29, 0.717) is 0 Å². The largest absolute Gasteiger partial charge is 0.324 e. The second-order valence-electron chi connectivity index (χ2n) is 5.74. The van der Waals surface area contributed by atoms with Gasteiger partial charge in [0, 0.05) is 6.04 Å². The van der Waals surface area contributed by atoms with E-state index in [1.807, 2.05) is 0 Å². The predicted octanol–water partition coefficient (Wildman–Crippen LogP) is 4.61. The van der Waals surface area contributed by atoms with Crippen molar-refractivity contribution in [1.29, 1.82) is 0 Å². The van der Waals surface area contributed by atoms with Gasteiger partial charge in [0.1, 0.15) is 0 Å². The van der Waals surface area contributed by atoms with Gasteiger partial charge < -0.3 is 5.73 Å². The number of hydrogen-bond acceptors (Lipinski definition) is 1. The summed E-state index contributed by atoms with van der Waals surface area (Å²) < 4.78 is 0. The fraction of sp³-hybridized carbons (Fsp3) is 0.647. The first-order chi connectivity index (χ1) is 8.81. The van der Waals surface area contributed by atoms with Crippen molar-refractivity contribution in [3.05, 3.63) is 35.4 Å². The van der Waals surface area contributed by atoms with Gasteiger partial charge in [0.15, 0.2) is 0 Å². The van der Waals surface area contributed by atoms with E-state index in [9.17, 15) is 0 Å². The summed E-state index contributed by atoms with van der Waals surface area (Å²) in [5, 5.41) is 0. The summed E-state index contributed by atoms with van der Waals surface area (Å²) in [7, 11) is 0. The Kier molecular flexibility index (Phi) is 5.25. The predicted molar refractivity (Wildman–Crippen MR) is 78.6 cm³/mol. The molecule has 2 rings (SSSR count). The maximum atomic E-state index is 6.39. The lowest BCUT2D eigenvalue weighted by molar-refractivity contribution is 0.324. The first kappa shape index (κ1) is 13.6. The molecular weight excluding hydrogens is 218 g/mol. The molecule has 0 radical (unpaired) electrons. The molecule has 1 heteroatoms. The van der Waals surface area contributed by atoms with Crippen LogP contribution in [0.3, 0.4) is 0 Å². The van der Waals surface area contributed by atoms with Gasteiger partial charge in [-0.05, 0) is 36.3 Å². The normalized spacial score (nSPS) is 18.8. The van der Waals surface area contributed by atoms with Gasteiger partial charge in [-0.3, -0.25) is 0 Å². The van der Waals surface area contributed by atoms with Gasteiger partial charge in [-0.2, -0.15) is 0 Å². The summed E-state index contributed by atoms with van der Waals surface area (Å²) >= 11 is 0. The summed E-state index contributed by atoms with van der Waals surface area (Å²) in [5.41, 5.74) is 9.18. The zero-order valence-corrected chi connectivity index (χ0v) is 11.7. The Labute approximate surface area is 112 Å². The van der Waals surface area contributed by atoms with E-state index in [1.165, 1.54) is 49.7 Å². The smallest absolute Gasteiger partial charge is 0.0297 e. The lowest BCUT2D eigenvalue weighted by Crippen LogP contribution is -2.15. The van der Waals surface area contributed by atoms with Crippen molar-refractivity contribution in [2.24, 2.45) is 11.7 Å². The first-order valence-corrected chi connectivity index (χ1v) is 7.64. The Balaban J connectivity index is 1.88. The molecule has 1 unspecified atom stereocenters. The van der Waals surface area contributed by atoms with Crippen LogP contribution in [-0.4, -0.2) is 0 Å². The minimum atomic E-state index is 0.239. The molecule has 0 saturated heterocycles. The molecule has 100 valence electrons. The number of nitrogens with two attached hydrogens (primary N) is 1. The Morgan fingerprint density at radius 1 is 1.17 bits per heavy atom. The molecule has 0 heterocycles. The topological polar surface area (TPSA) is 26.0 Å². The molecule has 1 saturated carbocycles. The second-order valence-corrected chi connectivity index (χ2v) is 5.74. The van der Waals surface area contributed by atoms with Gasteiger partial charge in [-0.1, -0.05) is 63.3 Å². The number of hydrogen-bond donors (Lipinski definition) is 1. The van der Waals surface area contributed by atoms with Gasteiger partial charge in [-0.25, -0.2) is 0 Å². The Bertz CT molecular complexity index is 352. The van der Waals surface area contributed by atoms with E-state index in [4.69, 9.17) is 5.73 Å². The van der Waals surface area contributed by atoms with Crippen LogP contribution in [0.4, 0.5) is 0 Å². The average Bonchev–Trinajstić information content (AvgIpc) is 2.45. The quantitative estimate of drug-likeness (QED) is 0.805. The molecule has 0 amide bonds. The highest BCUT2D eigenvalue weighted by atomic mass is 14.6. The zero-order chi connectivity index (χ0) is 12.8. The molecule has 1 aromatic rings. The first-order valence-electron chi connectivity index (χ1n) is 7.64. The highest BCUT2D eigenvalue weighted by Gasteiger charge is 2.16. The Hall–Kier alpha value is -0.820. The van der Waals surface area contributed by atoms with E-state index < -0.39 is 0 Å². The van der Waals surface area contributed by atoms with Crippen molar-refractivity contribution in [2.75, 3.05) is 0 Å². The summed E-state index contributed by atoms with van der Waals surface area (Å²) in [6, 6.07) is 8.91. The summed E-state index contributed by atoms with van der Waals surface area (Å²) in [6.07, 6.45) is 10.7. The van der Waals surface area contributed by atoms with E-state index in [2.05, 4.69) is 31.2 Å². The second kappa shape index (κ2) is 6.94. The Morgan fingerprint density at radius 2 is 1.89 bits per heavy atom. The van der Waals surface area contributed by atoms with Gasteiger partial charge in [-0.15, -0.1) is 0 Å². The maximum Gasteiger partial charge on any atom is 0.0297 e. The molecule has 1 nitrogen and oxygen atoms in total. The van der Waals surface area contributed by atoms with Crippen LogP contribution in [0, 0.1) is 5.92 Å². The monoisotopic (exact) mass is 245 g/mol. The van der Waals surface area contributed by atoms with Crippen LogP contribution in [0.25, 0.3) is 0 Å². The number of aryl methyl sites for hydroxylation is 1. The maximum absolute atomic E-state index is 6.39. The van der Waals surface area contributed by atoms with E-state index >= 15 is 0 Å². The van der Waals surface area contributed by atoms with Crippen LogP contribution in [0.5, 0.6) is 0 Å². The van der Waals surface area contributed by atoms with Crippen molar-refractivity contribution in [1.82, 2.24) is 0 Å². The van der Waals surface area contributed by atoms with Crippen molar-refractivity contribution in [2.45, 2.75) is 64.3 Å². The van der Waals surface area contributed by atoms with Gasteiger partial charge in [0.2, 0.25) is 0 Å². The zero-order valence-electron chi connectivity index (χ0n) is 11.7. The number of benzene rings is 1. The van der Waals surface area contributed by atoms with Gasteiger partial charge in [0.05, 0.1) is 0 Å². The third-order valence-electron chi connectivity index (χ3n) is 4.45. The molecule has 2 N–H and O–H groups in total. The van der Waals surface area contributed by atoms with Crippen LogP contribution in [0.1, 0.15) is 69.0 Å². The van der Waals surface area contributed by atoms with Crippen molar-refractivity contribution < 1.29 is 0 Å². The fourth-order valence-electron chi connectivity index (χ4n) is 3.26. The molecule has 1 aliphatic carbocycles. The van der Waals surface area contributed by atoms with Crippen LogP contribution < -0.4 is 5.73 Å². The minimum absolute atomic E-state index is 0.239. The SMILES string of the molecule is CCc1ccccc1C(N)CCC1CCCCC1. The van der Waals surface area contributed by atoms with Crippen LogP contribution in [-0.2, 0) is 6.42 Å². The van der Waals surface area contributed by atoms with E-state index in [0.717, 1.165) is 18.8 Å². The van der Waals surface area contributed by atoms with Gasteiger partial charge >= 0.3 is 0 Å². The molecule has 1 atom stereocenters. The van der Waals surface area contributed by atoms with Crippen LogP contribution in [0.2, 0.25) is 0 Å². The molecule has 18 heavy (non-hydrogen) atoms. The Morgan fingerprint density at radius 3 is 2.61 bits per heavy atom. The van der Waals surface area contributed by atoms with E-state index in [-0.39, 0.29) is 6.04 Å². The van der Waals surface area contributed by atoms with E-state index in [1.54, 1.807) is 0 Å². The minimum Gasteiger partial charge on any atom is -0.324 e. The lowest BCUT2D eigenvalue weighted by atomic mass is 9.84. The summed E-state index contributed by atoms with van der Waals surface area (Å²) in [4.78, 5) is 0. The molecule has 0 spiro atoms. The van der Waals surface area contributed by atoms with Crippen LogP contribution >= 0.6 is 0 Å². The third kappa shape index (κ3) is 3.58. The van der Waals surface area contributed by atoms with Crippen molar-refractivity contribution in [3.63, 3.8) is 0 Å². The molecule has 0 aliphatic heterocycles. The molecule has 0 bridgehead atoms. The molecular formula is C17H27N. The van der Waals surface area contributed by atoms with Crippen LogP contribution in [0.15, 0.2) is 24.3 Å². The molecule has 1 aliphatic rings. The summed E-state index contributed by atoms with van der Waals surface area (Å²) in [5.74, 6) is 0.943.